The van der Waals surface area contributed by atoms with Crippen LogP contribution in [0.2, 0.25) is 0 Å². The number of allylic oxidation sites excluding steroid dienone is 5. The average molecular weight is 268 g/mol. The van der Waals surface area contributed by atoms with Gasteiger partial charge in [-0.15, -0.1) is 0 Å². The van der Waals surface area contributed by atoms with E-state index in [1.807, 2.05) is 39.0 Å². The SMILES string of the molecule is CC.CCC(=O)/C=C/c1ccc(C2=CC(C)C=C2)cc1. The minimum absolute atomic E-state index is 0.161. The second-order valence-corrected chi connectivity index (χ2v) is 4.62. The highest BCUT2D eigenvalue weighted by Crippen LogP contribution is 2.25. The Bertz CT molecular complexity index is 515. The lowest BCUT2D eigenvalue weighted by atomic mass is 10.0. The van der Waals surface area contributed by atoms with E-state index >= 15 is 0 Å². The molecule has 0 N–H and O–H groups in total. The molecule has 1 nitrogen and oxygen atoms in total. The molecule has 1 aliphatic carbocycles. The Morgan fingerprint density at radius 2 is 1.85 bits per heavy atom. The molecule has 0 radical (unpaired) electrons. The van der Waals surface area contributed by atoms with Gasteiger partial charge in [-0.1, -0.05) is 76.3 Å². The van der Waals surface area contributed by atoms with Crippen LogP contribution in [0.15, 0.2) is 48.6 Å². The van der Waals surface area contributed by atoms with Crippen LogP contribution in [0.1, 0.15) is 45.2 Å². The maximum atomic E-state index is 11.2. The summed E-state index contributed by atoms with van der Waals surface area (Å²) in [5.74, 6) is 0.691. The fraction of sp³-hybridized carbons (Fsp3) is 0.316. The smallest absolute Gasteiger partial charge is 0.155 e. The molecule has 1 heteroatoms. The quantitative estimate of drug-likeness (QED) is 0.678. The molecule has 106 valence electrons. The third-order valence-electron chi connectivity index (χ3n) is 3.08. The van der Waals surface area contributed by atoms with Crippen LogP contribution in [-0.4, -0.2) is 5.78 Å². The Morgan fingerprint density at radius 1 is 1.20 bits per heavy atom. The summed E-state index contributed by atoms with van der Waals surface area (Å²) in [6.45, 7) is 8.05. The summed E-state index contributed by atoms with van der Waals surface area (Å²) in [6.07, 6.45) is 10.7. The maximum Gasteiger partial charge on any atom is 0.155 e. The summed E-state index contributed by atoms with van der Waals surface area (Å²) in [6, 6.07) is 8.30. The zero-order valence-electron chi connectivity index (χ0n) is 12.9. The molecule has 1 atom stereocenters. The van der Waals surface area contributed by atoms with E-state index in [2.05, 4.69) is 37.3 Å². The number of rotatable bonds is 4. The maximum absolute atomic E-state index is 11.2. The summed E-state index contributed by atoms with van der Waals surface area (Å²) < 4.78 is 0. The Hall–Kier alpha value is -1.89. The lowest BCUT2D eigenvalue weighted by Crippen LogP contribution is -1.87. The van der Waals surface area contributed by atoms with Crippen molar-refractivity contribution in [3.05, 3.63) is 59.7 Å². The summed E-state index contributed by atoms with van der Waals surface area (Å²) in [4.78, 5) is 11.2. The second kappa shape index (κ2) is 8.31. The fourth-order valence-corrected chi connectivity index (χ4v) is 1.94. The van der Waals surface area contributed by atoms with Crippen LogP contribution in [0.4, 0.5) is 0 Å². The van der Waals surface area contributed by atoms with Crippen molar-refractivity contribution in [1.29, 1.82) is 0 Å². The highest BCUT2D eigenvalue weighted by Gasteiger charge is 2.05. The van der Waals surface area contributed by atoms with Gasteiger partial charge in [-0.2, -0.15) is 0 Å². The topological polar surface area (TPSA) is 17.1 Å². The van der Waals surface area contributed by atoms with E-state index in [4.69, 9.17) is 0 Å². The van der Waals surface area contributed by atoms with Gasteiger partial charge in [0, 0.05) is 6.42 Å². The van der Waals surface area contributed by atoms with Crippen LogP contribution in [0, 0.1) is 5.92 Å². The first-order chi connectivity index (χ1) is 9.69. The Kier molecular flexibility index (Phi) is 6.72. The number of carbonyl (C=O) groups excluding carboxylic acids is 1. The van der Waals surface area contributed by atoms with Gasteiger partial charge in [0.25, 0.3) is 0 Å². The predicted octanol–water partition coefficient (Wildman–Crippen LogP) is 5.29. The standard InChI is InChI=1S/C17H18O.C2H6/c1-3-17(18)11-7-14-5-9-15(10-6-14)16-8-4-13(2)12-16;1-2/h4-13H,3H2,1-2H3;1-2H3/b11-7+;. The first-order valence-corrected chi connectivity index (χ1v) is 7.40. The van der Waals surface area contributed by atoms with Gasteiger partial charge in [-0.3, -0.25) is 4.79 Å². The van der Waals surface area contributed by atoms with E-state index < -0.39 is 0 Å². The largest absolute Gasteiger partial charge is 0.295 e. The summed E-state index contributed by atoms with van der Waals surface area (Å²) >= 11 is 0. The highest BCUT2D eigenvalue weighted by atomic mass is 16.1. The average Bonchev–Trinajstić information content (AvgIpc) is 2.94. The van der Waals surface area contributed by atoms with Crippen LogP contribution >= 0.6 is 0 Å². The lowest BCUT2D eigenvalue weighted by molar-refractivity contribution is -0.114. The molecule has 0 spiro atoms. The van der Waals surface area contributed by atoms with Crippen molar-refractivity contribution in [3.63, 3.8) is 0 Å². The molecule has 0 bridgehead atoms. The van der Waals surface area contributed by atoms with E-state index in [0.717, 1.165) is 5.56 Å². The van der Waals surface area contributed by atoms with Gasteiger partial charge < -0.3 is 0 Å². The highest BCUT2D eigenvalue weighted by molar-refractivity contribution is 5.93. The normalized spacial score (nSPS) is 16.8. The molecular weight excluding hydrogens is 244 g/mol. The number of benzene rings is 1. The van der Waals surface area contributed by atoms with Crippen molar-refractivity contribution in [3.8, 4) is 0 Å². The van der Waals surface area contributed by atoms with Gasteiger partial charge in [0.05, 0.1) is 0 Å². The number of hydrogen-bond donors (Lipinski definition) is 0. The molecule has 1 aliphatic rings. The second-order valence-electron chi connectivity index (χ2n) is 4.62. The van der Waals surface area contributed by atoms with E-state index in [1.54, 1.807) is 6.08 Å². The van der Waals surface area contributed by atoms with Gasteiger partial charge in [0.15, 0.2) is 5.78 Å². The molecule has 1 aromatic rings. The van der Waals surface area contributed by atoms with Crippen molar-refractivity contribution >= 4 is 17.4 Å². The summed E-state index contributed by atoms with van der Waals surface area (Å²) in [5.41, 5.74) is 3.58. The van der Waals surface area contributed by atoms with Crippen LogP contribution in [0.25, 0.3) is 11.6 Å². The Balaban J connectivity index is 0.000000956. The zero-order chi connectivity index (χ0) is 15.0. The molecule has 0 saturated heterocycles. The van der Waals surface area contributed by atoms with E-state index in [1.165, 1.54) is 11.1 Å². The first kappa shape index (κ1) is 16.2. The van der Waals surface area contributed by atoms with Crippen molar-refractivity contribution < 1.29 is 4.79 Å². The number of ketones is 1. The molecule has 0 amide bonds. The van der Waals surface area contributed by atoms with Crippen LogP contribution in [-0.2, 0) is 4.79 Å². The third kappa shape index (κ3) is 4.65. The van der Waals surface area contributed by atoms with Gasteiger partial charge >= 0.3 is 0 Å². The van der Waals surface area contributed by atoms with E-state index in [9.17, 15) is 4.79 Å². The Labute approximate surface area is 122 Å². The van der Waals surface area contributed by atoms with Gasteiger partial charge in [0.2, 0.25) is 0 Å². The fourth-order valence-electron chi connectivity index (χ4n) is 1.94. The third-order valence-corrected chi connectivity index (χ3v) is 3.08. The van der Waals surface area contributed by atoms with Crippen LogP contribution in [0.5, 0.6) is 0 Å². The van der Waals surface area contributed by atoms with Crippen molar-refractivity contribution in [2.75, 3.05) is 0 Å². The molecule has 0 heterocycles. The molecular formula is C19H24O. The number of hydrogen-bond acceptors (Lipinski definition) is 1. The zero-order valence-corrected chi connectivity index (χ0v) is 12.9. The van der Waals surface area contributed by atoms with Crippen LogP contribution in [0.3, 0.4) is 0 Å². The Morgan fingerprint density at radius 3 is 2.35 bits per heavy atom. The van der Waals surface area contributed by atoms with E-state index in [0.29, 0.717) is 12.3 Å². The molecule has 2 rings (SSSR count). The van der Waals surface area contributed by atoms with Crippen LogP contribution < -0.4 is 0 Å². The molecule has 0 aromatic heterocycles. The lowest BCUT2D eigenvalue weighted by Gasteiger charge is -2.01. The van der Waals surface area contributed by atoms with Gasteiger partial charge in [-0.25, -0.2) is 0 Å². The van der Waals surface area contributed by atoms with Crippen molar-refractivity contribution in [1.82, 2.24) is 0 Å². The summed E-state index contributed by atoms with van der Waals surface area (Å²) in [7, 11) is 0. The molecule has 0 fully saturated rings. The predicted molar refractivity (Wildman–Crippen MR) is 88.4 cm³/mol. The minimum Gasteiger partial charge on any atom is -0.295 e. The molecule has 20 heavy (non-hydrogen) atoms. The molecule has 1 unspecified atom stereocenters. The number of carbonyl (C=O) groups is 1. The van der Waals surface area contributed by atoms with E-state index in [-0.39, 0.29) is 5.78 Å². The molecule has 0 aliphatic heterocycles. The molecule has 1 aromatic carbocycles. The first-order valence-electron chi connectivity index (χ1n) is 7.40. The van der Waals surface area contributed by atoms with Crippen molar-refractivity contribution in [2.45, 2.75) is 34.1 Å². The molecule has 0 saturated carbocycles. The summed E-state index contributed by atoms with van der Waals surface area (Å²) in [5, 5.41) is 0. The van der Waals surface area contributed by atoms with Crippen molar-refractivity contribution in [2.24, 2.45) is 5.92 Å². The monoisotopic (exact) mass is 268 g/mol. The minimum atomic E-state index is 0.161. The van der Waals surface area contributed by atoms with Gasteiger partial charge in [0.1, 0.15) is 0 Å². The van der Waals surface area contributed by atoms with Gasteiger partial charge in [-0.05, 0) is 28.7 Å².